The van der Waals surface area contributed by atoms with Crippen LogP contribution in [-0.2, 0) is 5.41 Å². The molecular formula is C19H18N2O3. The molecule has 0 atom stereocenters. The van der Waals surface area contributed by atoms with E-state index in [0.29, 0.717) is 5.56 Å². The fourth-order valence-corrected chi connectivity index (χ4v) is 3.28. The highest BCUT2D eigenvalue weighted by molar-refractivity contribution is 6.05. The first kappa shape index (κ1) is 15.9. The number of fused-ring (bicyclic) bond motifs is 1. The van der Waals surface area contributed by atoms with Crippen molar-refractivity contribution in [1.29, 1.82) is 0 Å². The van der Waals surface area contributed by atoms with Crippen LogP contribution in [0, 0.1) is 10.1 Å². The van der Waals surface area contributed by atoms with Crippen LogP contribution in [0.3, 0.4) is 0 Å². The number of non-ortho nitro benzene ring substituents is 1. The number of nitro benzene ring substituents is 1. The van der Waals surface area contributed by atoms with Crippen molar-refractivity contribution in [3.05, 3.63) is 69.8 Å². The second kappa shape index (κ2) is 5.60. The fourth-order valence-electron chi connectivity index (χ4n) is 3.28. The lowest BCUT2D eigenvalue weighted by Gasteiger charge is -2.15. The molecule has 5 heteroatoms. The fraction of sp³-hybridized carbons (Fsp3) is 0.211. The second-order valence-corrected chi connectivity index (χ2v) is 6.44. The van der Waals surface area contributed by atoms with Crippen LogP contribution in [-0.4, -0.2) is 22.3 Å². The Labute approximate surface area is 140 Å². The quantitative estimate of drug-likeness (QED) is 0.494. The predicted octanol–water partition coefficient (Wildman–Crippen LogP) is 3.39. The van der Waals surface area contributed by atoms with Gasteiger partial charge < -0.3 is 5.11 Å². The lowest BCUT2D eigenvalue weighted by Crippen LogP contribution is -2.26. The Bertz CT molecular complexity index is 895. The third-order valence-electron chi connectivity index (χ3n) is 4.50. The highest BCUT2D eigenvalue weighted by Crippen LogP contribution is 2.39. The molecule has 3 rings (SSSR count). The van der Waals surface area contributed by atoms with Gasteiger partial charge in [-0.3, -0.25) is 10.1 Å². The molecule has 1 aliphatic heterocycles. The van der Waals surface area contributed by atoms with E-state index in [9.17, 15) is 15.2 Å². The van der Waals surface area contributed by atoms with Crippen LogP contribution in [0.2, 0.25) is 0 Å². The van der Waals surface area contributed by atoms with Gasteiger partial charge in [-0.25, -0.2) is 0 Å². The zero-order chi connectivity index (χ0) is 17.5. The summed E-state index contributed by atoms with van der Waals surface area (Å²) in [6.07, 6.45) is 3.69. The highest BCUT2D eigenvalue weighted by Gasteiger charge is 2.42. The van der Waals surface area contributed by atoms with Crippen LogP contribution in [0.5, 0.6) is 5.75 Å². The molecule has 0 aromatic heterocycles. The molecule has 0 saturated heterocycles. The van der Waals surface area contributed by atoms with E-state index >= 15 is 0 Å². The van der Waals surface area contributed by atoms with Gasteiger partial charge in [-0.2, -0.15) is 4.58 Å². The van der Waals surface area contributed by atoms with Crippen molar-refractivity contribution in [3.8, 4) is 5.75 Å². The first-order valence-corrected chi connectivity index (χ1v) is 7.66. The summed E-state index contributed by atoms with van der Waals surface area (Å²) < 4.78 is 2.11. The summed E-state index contributed by atoms with van der Waals surface area (Å²) in [6, 6.07) is 12.0. The van der Waals surface area contributed by atoms with Gasteiger partial charge in [-0.15, -0.1) is 5.75 Å². The Morgan fingerprint density at radius 3 is 2.50 bits per heavy atom. The number of nitro groups is 1. The molecule has 0 amide bonds. The Hall–Kier alpha value is -2.95. The minimum atomic E-state index is -0.548. The molecule has 5 nitrogen and oxygen atoms in total. The molecule has 0 unspecified atom stereocenters. The average Bonchev–Trinajstić information content (AvgIpc) is 2.72. The Balaban J connectivity index is 2.02. The van der Waals surface area contributed by atoms with Gasteiger partial charge in [-0.05, 0) is 25.5 Å². The van der Waals surface area contributed by atoms with Crippen molar-refractivity contribution in [2.24, 2.45) is 0 Å². The standard InChI is InChI=1S/C19H18N2O3/c1-19(2)16-6-4-5-7-17(16)20(3)18(19)9-8-13-10-14(21(23)24)12-15(22)11-13/h4-12H,1-3H3/b9-8+. The van der Waals surface area contributed by atoms with Gasteiger partial charge in [0.1, 0.15) is 7.05 Å². The van der Waals surface area contributed by atoms with Crippen molar-refractivity contribution in [2.45, 2.75) is 19.3 Å². The topological polar surface area (TPSA) is 69.2 Å². The summed E-state index contributed by atoms with van der Waals surface area (Å²) >= 11 is 0. The molecular weight excluding hydrogens is 304 g/mol. The maximum Gasteiger partial charge on any atom is 0.269 e. The van der Waals surface area contributed by atoms with Gasteiger partial charge in [0.05, 0.1) is 10.3 Å². The smallest absolute Gasteiger partial charge is 0.269 e. The van der Waals surface area contributed by atoms with E-state index in [1.54, 1.807) is 6.08 Å². The van der Waals surface area contributed by atoms with Crippen molar-refractivity contribution in [3.63, 3.8) is 0 Å². The number of para-hydroxylation sites is 1. The Morgan fingerprint density at radius 2 is 1.83 bits per heavy atom. The highest BCUT2D eigenvalue weighted by atomic mass is 16.6. The van der Waals surface area contributed by atoms with E-state index in [1.807, 2.05) is 25.3 Å². The lowest BCUT2D eigenvalue weighted by atomic mass is 9.81. The lowest BCUT2D eigenvalue weighted by molar-refractivity contribution is -0.401. The Morgan fingerprint density at radius 1 is 1.12 bits per heavy atom. The summed E-state index contributed by atoms with van der Waals surface area (Å²) in [5.74, 6) is -0.365. The third-order valence-corrected chi connectivity index (χ3v) is 4.50. The van der Waals surface area contributed by atoms with E-state index in [1.165, 1.54) is 17.7 Å². The maximum atomic E-state index is 11.6. The molecule has 0 spiro atoms. The van der Waals surface area contributed by atoms with Gasteiger partial charge in [0.25, 0.3) is 5.69 Å². The molecule has 2 aromatic carbocycles. The van der Waals surface area contributed by atoms with Crippen LogP contribution in [0.15, 0.2) is 48.5 Å². The van der Waals surface area contributed by atoms with Crippen LogP contribution >= 0.6 is 0 Å². The van der Waals surface area contributed by atoms with Crippen LogP contribution in [0.25, 0.3) is 6.08 Å². The average molecular weight is 322 g/mol. The molecule has 0 fully saturated rings. The molecule has 1 heterocycles. The molecule has 0 aliphatic carbocycles. The van der Waals surface area contributed by atoms with Gasteiger partial charge >= 0.3 is 0 Å². The van der Waals surface area contributed by atoms with E-state index < -0.39 is 4.92 Å². The third kappa shape index (κ3) is 2.58. The zero-order valence-corrected chi connectivity index (χ0v) is 13.8. The van der Waals surface area contributed by atoms with E-state index in [2.05, 4.69) is 30.6 Å². The van der Waals surface area contributed by atoms with Crippen molar-refractivity contribution >= 4 is 23.2 Å². The monoisotopic (exact) mass is 322 g/mol. The van der Waals surface area contributed by atoms with Crippen molar-refractivity contribution in [1.82, 2.24) is 0 Å². The molecule has 0 bridgehead atoms. The summed E-state index contributed by atoms with van der Waals surface area (Å²) in [5.41, 5.74) is 3.61. The first-order chi connectivity index (χ1) is 11.3. The minimum absolute atomic E-state index is 0.178. The summed E-state index contributed by atoms with van der Waals surface area (Å²) in [6.45, 7) is 4.28. The molecule has 122 valence electrons. The molecule has 0 saturated carbocycles. The number of hydrogen-bond donors (Lipinski definition) is 0. The van der Waals surface area contributed by atoms with Crippen LogP contribution in [0.1, 0.15) is 25.0 Å². The number of nitrogens with zero attached hydrogens (tertiary/aromatic N) is 2. The number of hydrogen-bond acceptors (Lipinski definition) is 3. The van der Waals surface area contributed by atoms with Crippen LogP contribution in [0.4, 0.5) is 11.4 Å². The van der Waals surface area contributed by atoms with E-state index in [0.717, 1.165) is 17.5 Å². The first-order valence-electron chi connectivity index (χ1n) is 7.66. The Kier molecular flexibility index (Phi) is 3.72. The number of benzene rings is 2. The van der Waals surface area contributed by atoms with Crippen molar-refractivity contribution in [2.75, 3.05) is 7.05 Å². The van der Waals surface area contributed by atoms with Gasteiger partial charge in [0.2, 0.25) is 5.69 Å². The summed E-state index contributed by atoms with van der Waals surface area (Å²) in [4.78, 5) is 10.4. The second-order valence-electron chi connectivity index (χ2n) is 6.44. The molecule has 0 N–H and O–H groups in total. The maximum absolute atomic E-state index is 11.6. The van der Waals surface area contributed by atoms with Gasteiger partial charge in [0, 0.05) is 29.8 Å². The largest absolute Gasteiger partial charge is 0.872 e. The number of allylic oxidation sites excluding steroid dienone is 1. The summed E-state index contributed by atoms with van der Waals surface area (Å²) in [7, 11) is 2.00. The SMILES string of the molecule is C[N+]1=C(/C=C/c2cc([O-])cc([N+](=O)[O-])c2)C(C)(C)c2ccccc21. The van der Waals surface area contributed by atoms with Crippen LogP contribution < -0.4 is 5.11 Å². The molecule has 24 heavy (non-hydrogen) atoms. The van der Waals surface area contributed by atoms with Gasteiger partial charge in [-0.1, -0.05) is 24.3 Å². The van der Waals surface area contributed by atoms with Crippen molar-refractivity contribution < 1.29 is 14.6 Å². The minimum Gasteiger partial charge on any atom is -0.872 e. The molecule has 0 radical (unpaired) electrons. The molecule has 2 aromatic rings. The van der Waals surface area contributed by atoms with E-state index in [4.69, 9.17) is 0 Å². The molecule has 1 aliphatic rings. The predicted molar refractivity (Wildman–Crippen MR) is 91.9 cm³/mol. The zero-order valence-electron chi connectivity index (χ0n) is 13.8. The normalized spacial score (nSPS) is 15.8. The number of rotatable bonds is 3. The van der Waals surface area contributed by atoms with Gasteiger partial charge in [0.15, 0.2) is 5.71 Å². The van der Waals surface area contributed by atoms with E-state index in [-0.39, 0.29) is 16.9 Å². The summed E-state index contributed by atoms with van der Waals surface area (Å²) in [5, 5.41) is 22.5.